The van der Waals surface area contributed by atoms with E-state index in [0.717, 1.165) is 23.8 Å². The number of hydrogen-bond donors (Lipinski definition) is 1. The molecule has 0 saturated carbocycles. The van der Waals surface area contributed by atoms with Crippen LogP contribution in [0.15, 0.2) is 0 Å². The van der Waals surface area contributed by atoms with E-state index in [1.807, 2.05) is 7.05 Å². The SMILES string of the molecule is CNCCC[CH2][Sn]([O]C)([O]C)[O]C. The van der Waals surface area contributed by atoms with Crippen molar-refractivity contribution >= 4 is 19.6 Å². The topological polar surface area (TPSA) is 39.7 Å². The van der Waals surface area contributed by atoms with Crippen LogP contribution in [0.25, 0.3) is 0 Å². The van der Waals surface area contributed by atoms with Gasteiger partial charge in [-0.15, -0.1) is 0 Å². The fourth-order valence-electron chi connectivity index (χ4n) is 1.20. The maximum atomic E-state index is 5.36. The van der Waals surface area contributed by atoms with Gasteiger partial charge in [-0.2, -0.15) is 0 Å². The molecule has 0 saturated heterocycles. The zero-order chi connectivity index (χ0) is 10.2. The van der Waals surface area contributed by atoms with E-state index in [1.54, 1.807) is 21.3 Å². The van der Waals surface area contributed by atoms with Crippen LogP contribution in [0.2, 0.25) is 4.44 Å². The fraction of sp³-hybridized carbons (Fsp3) is 1.00. The van der Waals surface area contributed by atoms with Crippen molar-refractivity contribution in [1.29, 1.82) is 0 Å². The normalized spacial score (nSPS) is 12.0. The summed E-state index contributed by atoms with van der Waals surface area (Å²) in [5, 5.41) is 3.11. The van der Waals surface area contributed by atoms with Crippen LogP contribution in [-0.2, 0) is 9.22 Å². The Hall–Kier alpha value is 0.639. The van der Waals surface area contributed by atoms with Gasteiger partial charge in [0.1, 0.15) is 0 Å². The van der Waals surface area contributed by atoms with E-state index in [4.69, 9.17) is 9.22 Å². The predicted molar refractivity (Wildman–Crippen MR) is 54.7 cm³/mol. The maximum absolute atomic E-state index is 5.36. The first-order valence-corrected chi connectivity index (χ1v) is 10.1. The van der Waals surface area contributed by atoms with Gasteiger partial charge in [0.05, 0.1) is 0 Å². The molecule has 13 heavy (non-hydrogen) atoms. The minimum absolute atomic E-state index is 0.958. The quantitative estimate of drug-likeness (QED) is 0.533. The Kier molecular flexibility index (Phi) is 8.38. The van der Waals surface area contributed by atoms with Gasteiger partial charge >= 0.3 is 86.4 Å². The van der Waals surface area contributed by atoms with Crippen molar-refractivity contribution < 1.29 is 9.22 Å². The Morgan fingerprint density at radius 2 is 1.54 bits per heavy atom. The Labute approximate surface area is 86.4 Å². The molecule has 0 aromatic heterocycles. The van der Waals surface area contributed by atoms with E-state index in [-0.39, 0.29) is 0 Å². The summed E-state index contributed by atoms with van der Waals surface area (Å²) in [6.45, 7) is 1.04. The molecule has 4 nitrogen and oxygen atoms in total. The Morgan fingerprint density at radius 3 is 1.92 bits per heavy atom. The van der Waals surface area contributed by atoms with Crippen LogP contribution in [0, 0.1) is 0 Å². The van der Waals surface area contributed by atoms with Crippen LogP contribution in [-0.4, -0.2) is 54.5 Å². The van der Waals surface area contributed by atoms with Gasteiger partial charge in [0.25, 0.3) is 0 Å². The molecule has 0 unspecified atom stereocenters. The summed E-state index contributed by atoms with van der Waals surface area (Å²) >= 11 is -3.03. The summed E-state index contributed by atoms with van der Waals surface area (Å²) in [6, 6.07) is 0. The molecule has 0 spiro atoms. The predicted octanol–water partition coefficient (Wildman–Crippen LogP) is 0.864. The molecule has 0 radical (unpaired) electrons. The molecule has 5 heteroatoms. The van der Waals surface area contributed by atoms with Crippen LogP contribution in [0.4, 0.5) is 0 Å². The number of rotatable bonds is 8. The molecule has 0 aromatic carbocycles. The number of nitrogens with one attached hydrogen (secondary N) is 1. The Bertz CT molecular complexity index is 112. The van der Waals surface area contributed by atoms with Gasteiger partial charge in [-0.05, 0) is 0 Å². The van der Waals surface area contributed by atoms with Gasteiger partial charge in [0.2, 0.25) is 0 Å². The number of unbranched alkanes of at least 4 members (excludes halogenated alkanes) is 1. The van der Waals surface area contributed by atoms with Crippen LogP contribution >= 0.6 is 0 Å². The van der Waals surface area contributed by atoms with Gasteiger partial charge in [-0.25, -0.2) is 0 Å². The summed E-state index contributed by atoms with van der Waals surface area (Å²) in [6.07, 6.45) is 2.25. The molecule has 0 amide bonds. The second-order valence-electron chi connectivity index (χ2n) is 2.86. The van der Waals surface area contributed by atoms with Crippen molar-refractivity contribution in [3.05, 3.63) is 0 Å². The van der Waals surface area contributed by atoms with E-state index in [0.29, 0.717) is 0 Å². The van der Waals surface area contributed by atoms with E-state index in [2.05, 4.69) is 5.32 Å². The first-order valence-electron chi connectivity index (χ1n) is 4.54. The second-order valence-corrected chi connectivity index (χ2v) is 11.7. The Morgan fingerprint density at radius 1 is 1.00 bits per heavy atom. The standard InChI is InChI=1S/C5H12N.3CH3O.Sn/c1-3-4-5-6-2;3*1-2;/h6H,1,3-5H2,2H3;3*1H3;/q;3*-1;+3. The number of hydrogen-bond acceptors (Lipinski definition) is 4. The van der Waals surface area contributed by atoms with Crippen molar-refractivity contribution in [3.63, 3.8) is 0 Å². The molecular weight excluding hydrogens is 277 g/mol. The van der Waals surface area contributed by atoms with Crippen molar-refractivity contribution in [1.82, 2.24) is 5.32 Å². The van der Waals surface area contributed by atoms with Gasteiger partial charge in [0.15, 0.2) is 0 Å². The monoisotopic (exact) mass is 299 g/mol. The average molecular weight is 298 g/mol. The van der Waals surface area contributed by atoms with E-state index in [1.165, 1.54) is 0 Å². The van der Waals surface area contributed by atoms with Gasteiger partial charge < -0.3 is 0 Å². The third kappa shape index (κ3) is 5.17. The second kappa shape index (κ2) is 7.99. The molecule has 0 aliphatic carbocycles. The molecule has 1 N–H and O–H groups in total. The first kappa shape index (κ1) is 13.6. The van der Waals surface area contributed by atoms with Crippen LogP contribution in [0.3, 0.4) is 0 Å². The third-order valence-electron chi connectivity index (χ3n) is 2.09. The van der Waals surface area contributed by atoms with Crippen molar-refractivity contribution in [2.45, 2.75) is 17.3 Å². The summed E-state index contributed by atoms with van der Waals surface area (Å²) in [5.74, 6) is 0. The average Bonchev–Trinajstić information content (AvgIpc) is 2.20. The molecule has 80 valence electrons. The van der Waals surface area contributed by atoms with E-state index >= 15 is 0 Å². The van der Waals surface area contributed by atoms with Crippen molar-refractivity contribution in [3.8, 4) is 0 Å². The summed E-state index contributed by atoms with van der Waals surface area (Å²) in [7, 11) is 7.00. The van der Waals surface area contributed by atoms with Gasteiger partial charge in [-0.3, -0.25) is 0 Å². The van der Waals surface area contributed by atoms with Crippen molar-refractivity contribution in [2.24, 2.45) is 0 Å². The zero-order valence-corrected chi connectivity index (χ0v) is 11.9. The molecule has 0 aliphatic rings. The summed E-state index contributed by atoms with van der Waals surface area (Å²) in [4.78, 5) is 0. The minimum atomic E-state index is -3.03. The molecular formula is C8H21NO3Sn. The molecule has 0 bridgehead atoms. The van der Waals surface area contributed by atoms with E-state index in [9.17, 15) is 0 Å². The van der Waals surface area contributed by atoms with Crippen molar-refractivity contribution in [2.75, 3.05) is 34.9 Å². The molecule has 0 aliphatic heterocycles. The van der Waals surface area contributed by atoms with Crippen LogP contribution in [0.5, 0.6) is 0 Å². The summed E-state index contributed by atoms with van der Waals surface area (Å²) in [5.41, 5.74) is 0. The van der Waals surface area contributed by atoms with Crippen LogP contribution < -0.4 is 5.32 Å². The fourth-order valence-corrected chi connectivity index (χ4v) is 6.32. The van der Waals surface area contributed by atoms with E-state index < -0.39 is 19.6 Å². The third-order valence-corrected chi connectivity index (χ3v) is 10.2. The molecule has 0 fully saturated rings. The van der Waals surface area contributed by atoms with Gasteiger partial charge in [0, 0.05) is 0 Å². The summed E-state index contributed by atoms with van der Waals surface area (Å²) < 4.78 is 17.0. The van der Waals surface area contributed by atoms with Gasteiger partial charge in [-0.1, -0.05) is 0 Å². The Balaban J connectivity index is 3.68. The van der Waals surface area contributed by atoms with Crippen LogP contribution in [0.1, 0.15) is 12.8 Å². The first-order chi connectivity index (χ1) is 6.24. The zero-order valence-electron chi connectivity index (χ0n) is 9.05. The molecule has 0 aromatic rings. The molecule has 0 atom stereocenters. The molecule has 0 rings (SSSR count). The molecule has 0 heterocycles.